The van der Waals surface area contributed by atoms with Gasteiger partial charge in [0.05, 0.1) is 19.3 Å². The van der Waals surface area contributed by atoms with Crippen LogP contribution in [0.4, 0.5) is 0 Å². The molecule has 0 amide bonds. The Morgan fingerprint density at radius 1 is 1.47 bits per heavy atom. The molecule has 0 radical (unpaired) electrons. The number of rotatable bonds is 4. The second-order valence-corrected chi connectivity index (χ2v) is 4.93. The second kappa shape index (κ2) is 5.10. The molecule has 0 aromatic rings. The molecule has 3 heteroatoms. The minimum atomic E-state index is -0.354. The van der Waals surface area contributed by atoms with Gasteiger partial charge >= 0.3 is 0 Å². The maximum absolute atomic E-state index is 10.2. The molecule has 1 N–H and O–H groups in total. The summed E-state index contributed by atoms with van der Waals surface area (Å²) in [5.74, 6) is 0. The van der Waals surface area contributed by atoms with Gasteiger partial charge in [-0.2, -0.15) is 0 Å². The number of hydrogen-bond donors (Lipinski definition) is 1. The summed E-state index contributed by atoms with van der Waals surface area (Å²) in [5.41, 5.74) is 0.840. The first-order valence-electron chi connectivity index (χ1n) is 5.60. The molecular formula is C12H23NO2. The average molecular weight is 213 g/mol. The highest BCUT2D eigenvalue weighted by Crippen LogP contribution is 2.24. The standard InChI is InChI=1S/C12H23NO2/c1-10(2)9-11(14)12(3,4)13-5-7-15-8-6-13/h11,14H,1,5-9H2,2-4H3. The van der Waals surface area contributed by atoms with E-state index in [1.54, 1.807) is 0 Å². The maximum Gasteiger partial charge on any atom is 0.0755 e. The van der Waals surface area contributed by atoms with Crippen molar-refractivity contribution in [1.82, 2.24) is 4.90 Å². The Kier molecular flexibility index (Phi) is 4.32. The summed E-state index contributed by atoms with van der Waals surface area (Å²) in [6.45, 7) is 13.3. The first-order chi connectivity index (χ1) is 6.94. The van der Waals surface area contributed by atoms with E-state index in [0.717, 1.165) is 31.9 Å². The molecule has 0 spiro atoms. The minimum Gasteiger partial charge on any atom is -0.391 e. The molecule has 1 heterocycles. The first kappa shape index (κ1) is 12.7. The molecule has 1 unspecified atom stereocenters. The fourth-order valence-corrected chi connectivity index (χ4v) is 1.93. The van der Waals surface area contributed by atoms with E-state index in [4.69, 9.17) is 4.74 Å². The second-order valence-electron chi connectivity index (χ2n) is 4.93. The van der Waals surface area contributed by atoms with Gasteiger partial charge in [0.2, 0.25) is 0 Å². The van der Waals surface area contributed by atoms with Crippen LogP contribution in [-0.2, 0) is 4.74 Å². The Morgan fingerprint density at radius 2 is 2.00 bits per heavy atom. The summed E-state index contributed by atoms with van der Waals surface area (Å²) in [6, 6.07) is 0. The van der Waals surface area contributed by atoms with Crippen molar-refractivity contribution in [3.8, 4) is 0 Å². The van der Waals surface area contributed by atoms with Crippen LogP contribution in [0.1, 0.15) is 27.2 Å². The summed E-state index contributed by atoms with van der Waals surface area (Å²) in [5, 5.41) is 10.2. The van der Waals surface area contributed by atoms with Crippen molar-refractivity contribution < 1.29 is 9.84 Å². The van der Waals surface area contributed by atoms with Crippen molar-refractivity contribution in [3.63, 3.8) is 0 Å². The Balaban J connectivity index is 2.58. The monoisotopic (exact) mass is 213 g/mol. The topological polar surface area (TPSA) is 32.7 Å². The Bertz CT molecular complexity index is 220. The molecule has 1 rings (SSSR count). The number of aliphatic hydroxyl groups is 1. The predicted molar refractivity (Wildman–Crippen MR) is 61.9 cm³/mol. The third-order valence-corrected chi connectivity index (χ3v) is 3.18. The number of hydrogen-bond acceptors (Lipinski definition) is 3. The van der Waals surface area contributed by atoms with Crippen LogP contribution >= 0.6 is 0 Å². The molecule has 1 fully saturated rings. The molecule has 0 saturated carbocycles. The van der Waals surface area contributed by atoms with Crippen LogP contribution in [0.2, 0.25) is 0 Å². The third-order valence-electron chi connectivity index (χ3n) is 3.18. The molecule has 1 aliphatic rings. The van der Waals surface area contributed by atoms with Crippen LogP contribution in [0.3, 0.4) is 0 Å². The Hall–Kier alpha value is -0.380. The zero-order valence-corrected chi connectivity index (χ0v) is 10.1. The third kappa shape index (κ3) is 3.30. The highest BCUT2D eigenvalue weighted by atomic mass is 16.5. The largest absolute Gasteiger partial charge is 0.391 e. The van der Waals surface area contributed by atoms with E-state index in [-0.39, 0.29) is 11.6 Å². The summed E-state index contributed by atoms with van der Waals surface area (Å²) in [6.07, 6.45) is 0.317. The van der Waals surface area contributed by atoms with Crippen LogP contribution in [0.5, 0.6) is 0 Å². The van der Waals surface area contributed by atoms with Gasteiger partial charge in [-0.1, -0.05) is 5.57 Å². The highest BCUT2D eigenvalue weighted by Gasteiger charge is 2.34. The number of aliphatic hydroxyl groups excluding tert-OH is 1. The van der Waals surface area contributed by atoms with Crippen molar-refractivity contribution in [2.24, 2.45) is 0 Å². The maximum atomic E-state index is 10.2. The smallest absolute Gasteiger partial charge is 0.0755 e. The zero-order valence-electron chi connectivity index (χ0n) is 10.1. The van der Waals surface area contributed by atoms with Gasteiger partial charge in [-0.3, -0.25) is 4.90 Å². The molecule has 0 aromatic carbocycles. The van der Waals surface area contributed by atoms with E-state index >= 15 is 0 Å². The van der Waals surface area contributed by atoms with Gasteiger partial charge < -0.3 is 9.84 Å². The highest BCUT2D eigenvalue weighted by molar-refractivity contribution is 4.99. The molecular weight excluding hydrogens is 190 g/mol. The molecule has 88 valence electrons. The molecule has 15 heavy (non-hydrogen) atoms. The Morgan fingerprint density at radius 3 is 2.47 bits per heavy atom. The lowest BCUT2D eigenvalue weighted by molar-refractivity contribution is -0.0611. The SMILES string of the molecule is C=C(C)CC(O)C(C)(C)N1CCOCC1. The summed E-state index contributed by atoms with van der Waals surface area (Å²) < 4.78 is 5.31. The van der Waals surface area contributed by atoms with E-state index in [1.807, 2.05) is 6.92 Å². The van der Waals surface area contributed by atoms with E-state index in [1.165, 1.54) is 0 Å². The molecule has 0 aliphatic carbocycles. The van der Waals surface area contributed by atoms with Gasteiger partial charge in [0.1, 0.15) is 0 Å². The lowest BCUT2D eigenvalue weighted by atomic mass is 9.90. The van der Waals surface area contributed by atoms with Crippen LogP contribution in [0.25, 0.3) is 0 Å². The van der Waals surface area contributed by atoms with Gasteiger partial charge in [-0.05, 0) is 27.2 Å². The van der Waals surface area contributed by atoms with Crippen molar-refractivity contribution in [1.29, 1.82) is 0 Å². The van der Waals surface area contributed by atoms with Crippen LogP contribution in [-0.4, -0.2) is 48.0 Å². The lowest BCUT2D eigenvalue weighted by Gasteiger charge is -2.43. The van der Waals surface area contributed by atoms with Gasteiger partial charge in [0, 0.05) is 18.6 Å². The quantitative estimate of drug-likeness (QED) is 0.717. The first-order valence-corrected chi connectivity index (χ1v) is 5.60. The number of nitrogens with zero attached hydrogens (tertiary/aromatic N) is 1. The summed E-state index contributed by atoms with van der Waals surface area (Å²) in [4.78, 5) is 2.30. The molecule has 0 aromatic heterocycles. The molecule has 1 atom stereocenters. The predicted octanol–water partition coefficient (Wildman–Crippen LogP) is 1.42. The van der Waals surface area contributed by atoms with Gasteiger partial charge in [-0.15, -0.1) is 6.58 Å². The van der Waals surface area contributed by atoms with Gasteiger partial charge in [0.15, 0.2) is 0 Å². The Labute approximate surface area is 92.7 Å². The van der Waals surface area contributed by atoms with Crippen molar-refractivity contribution in [2.75, 3.05) is 26.3 Å². The van der Waals surface area contributed by atoms with Crippen LogP contribution < -0.4 is 0 Å². The average Bonchev–Trinajstić information content (AvgIpc) is 2.18. The molecule has 1 aliphatic heterocycles. The van der Waals surface area contributed by atoms with Crippen LogP contribution in [0, 0.1) is 0 Å². The normalized spacial score (nSPS) is 21.3. The number of morpholine rings is 1. The van der Waals surface area contributed by atoms with E-state index in [2.05, 4.69) is 25.3 Å². The van der Waals surface area contributed by atoms with E-state index in [0.29, 0.717) is 6.42 Å². The summed E-state index contributed by atoms with van der Waals surface area (Å²) >= 11 is 0. The summed E-state index contributed by atoms with van der Waals surface area (Å²) in [7, 11) is 0. The minimum absolute atomic E-state index is 0.192. The zero-order chi connectivity index (χ0) is 11.5. The number of ether oxygens (including phenoxy) is 1. The molecule has 0 bridgehead atoms. The van der Waals surface area contributed by atoms with Crippen molar-refractivity contribution in [2.45, 2.75) is 38.8 Å². The lowest BCUT2D eigenvalue weighted by Crippen LogP contribution is -2.56. The molecule has 3 nitrogen and oxygen atoms in total. The van der Waals surface area contributed by atoms with Crippen LogP contribution in [0.15, 0.2) is 12.2 Å². The van der Waals surface area contributed by atoms with E-state index in [9.17, 15) is 5.11 Å². The fourth-order valence-electron chi connectivity index (χ4n) is 1.93. The molecule has 1 saturated heterocycles. The van der Waals surface area contributed by atoms with Crippen molar-refractivity contribution >= 4 is 0 Å². The van der Waals surface area contributed by atoms with Gasteiger partial charge in [0.25, 0.3) is 0 Å². The van der Waals surface area contributed by atoms with E-state index < -0.39 is 0 Å². The van der Waals surface area contributed by atoms with Crippen molar-refractivity contribution in [3.05, 3.63) is 12.2 Å². The van der Waals surface area contributed by atoms with Gasteiger partial charge in [-0.25, -0.2) is 0 Å². The fraction of sp³-hybridized carbons (Fsp3) is 0.833.